The van der Waals surface area contributed by atoms with E-state index in [9.17, 15) is 0 Å². The van der Waals surface area contributed by atoms with Crippen molar-refractivity contribution in [1.82, 2.24) is 5.32 Å². The summed E-state index contributed by atoms with van der Waals surface area (Å²) in [5.41, 5.74) is 0. The van der Waals surface area contributed by atoms with Gasteiger partial charge in [0.1, 0.15) is 0 Å². The van der Waals surface area contributed by atoms with E-state index in [0.29, 0.717) is 20.6 Å². The molecule has 28 heavy (non-hydrogen) atoms. The highest BCUT2D eigenvalue weighted by Crippen LogP contribution is 2.59. The summed E-state index contributed by atoms with van der Waals surface area (Å²) >= 11 is 0. The van der Waals surface area contributed by atoms with E-state index in [-0.39, 0.29) is 17.3 Å². The van der Waals surface area contributed by atoms with Crippen molar-refractivity contribution in [3.05, 3.63) is 0 Å². The molecule has 0 amide bonds. The molecule has 2 nitrogen and oxygen atoms in total. The zero-order chi connectivity index (χ0) is 22.2. The molecule has 0 atom stereocenters. The molecule has 0 radical (unpaired) electrons. The standard InChI is InChI=1S/C20H45NP2.C4H8O.H2/c1-17(2,3)22(18(4,5)6)15-13-21-14-16-23(19(7,8)9)20(10,11)12;1-2-4-5-3-1;/h21H,13-16H2,1-12H3;1-4H2;1H/i;;1+1. The first-order chi connectivity index (χ1) is 12.5. The minimum absolute atomic E-state index is 0. The molecule has 1 aliphatic heterocycles. The Morgan fingerprint density at radius 2 is 0.893 bits per heavy atom. The van der Waals surface area contributed by atoms with Crippen LogP contribution in [0.1, 0.15) is 97.4 Å². The summed E-state index contributed by atoms with van der Waals surface area (Å²) in [5.74, 6) is 0. The lowest BCUT2D eigenvalue weighted by atomic mass is 10.2. The van der Waals surface area contributed by atoms with Crippen molar-refractivity contribution < 1.29 is 6.16 Å². The van der Waals surface area contributed by atoms with Gasteiger partial charge in [0, 0.05) is 14.6 Å². The second-order valence-electron chi connectivity index (χ2n) is 12.1. The highest BCUT2D eigenvalue weighted by Gasteiger charge is 2.34. The highest BCUT2D eigenvalue weighted by atomic mass is 31.1. The Morgan fingerprint density at radius 3 is 1.07 bits per heavy atom. The Hall–Kier alpha value is 0.780. The van der Waals surface area contributed by atoms with E-state index < -0.39 is 0 Å². The summed E-state index contributed by atoms with van der Waals surface area (Å²) in [6, 6.07) is 0. The van der Waals surface area contributed by atoms with Crippen LogP contribution in [0.15, 0.2) is 0 Å². The van der Waals surface area contributed by atoms with Crippen LogP contribution in [0.5, 0.6) is 0 Å². The van der Waals surface area contributed by atoms with Gasteiger partial charge < -0.3 is 10.1 Å². The van der Waals surface area contributed by atoms with Crippen LogP contribution >= 0.6 is 15.8 Å². The third-order valence-corrected chi connectivity index (χ3v) is 12.9. The van der Waals surface area contributed by atoms with Crippen LogP contribution in [-0.4, -0.2) is 59.3 Å². The lowest BCUT2D eigenvalue weighted by Gasteiger charge is -2.42. The third kappa shape index (κ3) is 12.5. The topological polar surface area (TPSA) is 21.3 Å². The molecule has 0 saturated carbocycles. The first kappa shape index (κ1) is 28.8. The maximum Gasteiger partial charge on any atom is 0.0466 e. The van der Waals surface area contributed by atoms with Gasteiger partial charge in [-0.05, 0) is 58.9 Å². The molecule has 0 bridgehead atoms. The summed E-state index contributed by atoms with van der Waals surface area (Å²) in [4.78, 5) is 0. The van der Waals surface area contributed by atoms with Crippen LogP contribution in [-0.2, 0) is 4.74 Å². The Bertz CT molecular complexity index is 343. The van der Waals surface area contributed by atoms with E-state index in [2.05, 4.69) is 88.4 Å². The summed E-state index contributed by atoms with van der Waals surface area (Å²) in [5, 5.41) is 5.54. The first-order valence-corrected chi connectivity index (χ1v) is 14.4. The summed E-state index contributed by atoms with van der Waals surface area (Å²) < 4.78 is 4.94. The van der Waals surface area contributed by atoms with E-state index in [0.717, 1.165) is 13.2 Å². The van der Waals surface area contributed by atoms with Crippen LogP contribution < -0.4 is 5.32 Å². The molecule has 0 aromatic heterocycles. The zero-order valence-corrected chi connectivity index (χ0v) is 23.2. The summed E-state index contributed by atoms with van der Waals surface area (Å²) in [6.45, 7) is 33.4. The number of rotatable bonds is 6. The zero-order valence-electron chi connectivity index (χ0n) is 21.5. The number of ether oxygens (including phenoxy) is 1. The third-order valence-electron chi connectivity index (χ3n) is 5.09. The number of nitrogens with one attached hydrogen (secondary N) is 1. The average molecular weight is 437 g/mol. The molecule has 1 heterocycles. The van der Waals surface area contributed by atoms with Crippen molar-refractivity contribution in [2.75, 3.05) is 38.6 Å². The lowest BCUT2D eigenvalue weighted by Crippen LogP contribution is -2.33. The molecule has 1 rings (SSSR count). The second kappa shape index (κ2) is 12.0. The van der Waals surface area contributed by atoms with Gasteiger partial charge in [-0.25, -0.2) is 0 Å². The van der Waals surface area contributed by atoms with Crippen molar-refractivity contribution >= 4 is 15.8 Å². The molecule has 1 saturated heterocycles. The highest BCUT2D eigenvalue weighted by molar-refractivity contribution is 7.61. The van der Waals surface area contributed by atoms with Crippen LogP contribution in [0.4, 0.5) is 0 Å². The van der Waals surface area contributed by atoms with Crippen molar-refractivity contribution in [2.24, 2.45) is 0 Å². The van der Waals surface area contributed by atoms with Crippen LogP contribution in [0.2, 0.25) is 0 Å². The predicted octanol–water partition coefficient (Wildman–Crippen LogP) is 7.78. The molecule has 0 aliphatic carbocycles. The second-order valence-corrected chi connectivity index (χ2v) is 20.0. The number of hydrogen-bond acceptors (Lipinski definition) is 2. The van der Waals surface area contributed by atoms with Crippen molar-refractivity contribution in [2.45, 2.75) is 117 Å². The molecule has 0 spiro atoms. The summed E-state index contributed by atoms with van der Waals surface area (Å²) in [7, 11) is 0.0459. The molecular formula is C24H55NOP2. The Labute approximate surface area is 182 Å². The number of hydrogen-bond donors (Lipinski definition) is 1. The van der Waals surface area contributed by atoms with Crippen molar-refractivity contribution in [1.29, 1.82) is 0 Å². The van der Waals surface area contributed by atoms with Gasteiger partial charge >= 0.3 is 0 Å². The van der Waals surface area contributed by atoms with E-state index in [4.69, 9.17) is 4.74 Å². The quantitative estimate of drug-likeness (QED) is 0.339. The van der Waals surface area contributed by atoms with Gasteiger partial charge in [0.2, 0.25) is 0 Å². The molecule has 1 N–H and O–H groups in total. The fourth-order valence-corrected chi connectivity index (χ4v) is 11.8. The molecule has 0 aromatic rings. The van der Waals surface area contributed by atoms with Crippen LogP contribution in [0.25, 0.3) is 0 Å². The Morgan fingerprint density at radius 1 is 0.607 bits per heavy atom. The fourth-order valence-electron chi connectivity index (χ4n) is 4.37. The summed E-state index contributed by atoms with van der Waals surface area (Å²) in [6.07, 6.45) is 5.23. The molecule has 1 aliphatic rings. The normalized spacial score (nSPS) is 16.5. The van der Waals surface area contributed by atoms with Gasteiger partial charge in [-0.1, -0.05) is 98.9 Å². The van der Waals surface area contributed by atoms with Gasteiger partial charge in [0.05, 0.1) is 0 Å². The van der Waals surface area contributed by atoms with Gasteiger partial charge in [-0.15, -0.1) is 0 Å². The molecule has 4 heteroatoms. The molecular weight excluding hydrogens is 380 g/mol. The van der Waals surface area contributed by atoms with Crippen LogP contribution in [0, 0.1) is 0 Å². The molecule has 0 unspecified atom stereocenters. The molecule has 1 fully saturated rings. The van der Waals surface area contributed by atoms with Gasteiger partial charge in [0.25, 0.3) is 0 Å². The first-order valence-electron chi connectivity index (χ1n) is 11.3. The lowest BCUT2D eigenvalue weighted by molar-refractivity contribution is 0.198. The minimum Gasteiger partial charge on any atom is -0.381 e. The average Bonchev–Trinajstić information content (AvgIpc) is 2.99. The largest absolute Gasteiger partial charge is 0.381 e. The SMILES string of the molecule is C1CCOC1.CC(C)(C)P(CCNCCP(C(C)(C)C)C(C)(C)C)C(C)(C)C.[2HH]. The smallest absolute Gasteiger partial charge is 0.0466 e. The predicted molar refractivity (Wildman–Crippen MR) is 138 cm³/mol. The molecule has 172 valence electrons. The maximum absolute atomic E-state index is 4.94. The monoisotopic (exact) mass is 436 g/mol. The van der Waals surface area contributed by atoms with E-state index in [1.165, 1.54) is 38.3 Å². The van der Waals surface area contributed by atoms with Crippen molar-refractivity contribution in [3.8, 4) is 0 Å². The van der Waals surface area contributed by atoms with E-state index in [1.54, 1.807) is 0 Å². The Balaban J connectivity index is 0. The van der Waals surface area contributed by atoms with Crippen LogP contribution in [0.3, 0.4) is 0 Å². The van der Waals surface area contributed by atoms with E-state index >= 15 is 0 Å². The fraction of sp³-hybridized carbons (Fsp3) is 1.00. The van der Waals surface area contributed by atoms with Gasteiger partial charge in [-0.2, -0.15) is 0 Å². The maximum atomic E-state index is 4.94. The minimum atomic E-state index is 0. The van der Waals surface area contributed by atoms with Crippen molar-refractivity contribution in [3.63, 3.8) is 0 Å². The Kier molecular flexibility index (Phi) is 12.3. The van der Waals surface area contributed by atoms with Gasteiger partial charge in [-0.3, -0.25) is 0 Å². The van der Waals surface area contributed by atoms with Gasteiger partial charge in [0.15, 0.2) is 0 Å². The molecule has 0 aromatic carbocycles. The van der Waals surface area contributed by atoms with E-state index in [1.807, 2.05) is 0 Å².